The third-order valence-electron chi connectivity index (χ3n) is 6.13. The van der Waals surface area contributed by atoms with E-state index in [-0.39, 0.29) is 5.97 Å². The number of esters is 1. The fourth-order valence-corrected chi connectivity index (χ4v) is 4.03. The molecule has 1 aliphatic rings. The Balaban J connectivity index is 0.00000176. The third-order valence-corrected chi connectivity index (χ3v) is 6.13. The fourth-order valence-electron chi connectivity index (χ4n) is 4.03. The normalized spacial score (nSPS) is 12.6. The highest BCUT2D eigenvalue weighted by Gasteiger charge is 2.09. The van der Waals surface area contributed by atoms with Gasteiger partial charge in [0.15, 0.2) is 0 Å². The summed E-state index contributed by atoms with van der Waals surface area (Å²) >= 11 is 0. The van der Waals surface area contributed by atoms with Crippen molar-refractivity contribution in [2.24, 2.45) is 0 Å². The van der Waals surface area contributed by atoms with Crippen LogP contribution >= 0.6 is 0 Å². The Hall–Kier alpha value is -3.73. The first kappa shape index (κ1) is 26.9. The highest BCUT2D eigenvalue weighted by Crippen LogP contribution is 2.23. The SMILES string of the molecule is Cc1ccc(C2=CC=C(OC(=O)CCCCc3ccc(-c4ccc(C)cc4)cc3)CC=C2)cc1.OO. The van der Waals surface area contributed by atoms with Crippen molar-refractivity contribution in [3.8, 4) is 11.1 Å². The van der Waals surface area contributed by atoms with Crippen molar-refractivity contribution < 1.29 is 20.0 Å². The first-order valence-corrected chi connectivity index (χ1v) is 12.3. The van der Waals surface area contributed by atoms with Gasteiger partial charge in [-0.15, -0.1) is 0 Å². The predicted molar refractivity (Wildman–Crippen MR) is 147 cm³/mol. The van der Waals surface area contributed by atoms with Crippen molar-refractivity contribution in [3.05, 3.63) is 125 Å². The van der Waals surface area contributed by atoms with Crippen LogP contribution < -0.4 is 0 Å². The fraction of sp³-hybridized carbons (Fsp3) is 0.219. The van der Waals surface area contributed by atoms with Crippen molar-refractivity contribution in [2.45, 2.75) is 46.0 Å². The van der Waals surface area contributed by atoms with Crippen LogP contribution in [0.1, 0.15) is 47.9 Å². The molecular weight excluding hydrogens is 448 g/mol. The van der Waals surface area contributed by atoms with Crippen molar-refractivity contribution >= 4 is 11.5 Å². The average molecular weight is 483 g/mol. The van der Waals surface area contributed by atoms with Crippen molar-refractivity contribution in [1.29, 1.82) is 0 Å². The summed E-state index contributed by atoms with van der Waals surface area (Å²) in [5.41, 5.74) is 8.58. The molecule has 0 bridgehead atoms. The molecule has 0 aromatic heterocycles. The van der Waals surface area contributed by atoms with E-state index < -0.39 is 0 Å². The zero-order valence-corrected chi connectivity index (χ0v) is 21.0. The summed E-state index contributed by atoms with van der Waals surface area (Å²) in [6.07, 6.45) is 11.9. The van der Waals surface area contributed by atoms with E-state index in [1.807, 2.05) is 12.2 Å². The Morgan fingerprint density at radius 2 is 1.31 bits per heavy atom. The molecule has 0 radical (unpaired) electrons. The zero-order valence-electron chi connectivity index (χ0n) is 21.0. The lowest BCUT2D eigenvalue weighted by Crippen LogP contribution is -2.04. The maximum atomic E-state index is 12.3. The van der Waals surface area contributed by atoms with Crippen LogP contribution in [0.15, 0.2) is 103 Å². The predicted octanol–water partition coefficient (Wildman–Crippen LogP) is 8.17. The summed E-state index contributed by atoms with van der Waals surface area (Å²) in [4.78, 5) is 12.3. The molecular formula is C32H34O4. The molecule has 1 aliphatic carbocycles. The Bertz CT molecular complexity index is 1200. The van der Waals surface area contributed by atoms with Gasteiger partial charge in [0.2, 0.25) is 0 Å². The molecule has 0 saturated carbocycles. The molecule has 0 atom stereocenters. The van der Waals surface area contributed by atoms with Crippen LogP contribution in [0.2, 0.25) is 0 Å². The highest BCUT2D eigenvalue weighted by molar-refractivity contribution is 5.76. The third kappa shape index (κ3) is 8.19. The van der Waals surface area contributed by atoms with Crippen molar-refractivity contribution in [1.82, 2.24) is 0 Å². The summed E-state index contributed by atoms with van der Waals surface area (Å²) in [5, 5.41) is 12.0. The number of rotatable bonds is 8. The lowest BCUT2D eigenvalue weighted by atomic mass is 10.0. The molecule has 0 spiro atoms. The van der Waals surface area contributed by atoms with Crippen molar-refractivity contribution in [3.63, 3.8) is 0 Å². The number of aryl methyl sites for hydroxylation is 3. The molecule has 4 heteroatoms. The number of allylic oxidation sites excluding steroid dienone is 5. The van der Waals surface area contributed by atoms with Gasteiger partial charge in [-0.2, -0.15) is 0 Å². The monoisotopic (exact) mass is 482 g/mol. The van der Waals surface area contributed by atoms with Gasteiger partial charge in [0, 0.05) is 12.8 Å². The van der Waals surface area contributed by atoms with Crippen LogP contribution in [-0.2, 0) is 16.0 Å². The lowest BCUT2D eigenvalue weighted by Gasteiger charge is -2.07. The van der Waals surface area contributed by atoms with E-state index in [1.165, 1.54) is 27.8 Å². The van der Waals surface area contributed by atoms with E-state index in [2.05, 4.69) is 98.8 Å². The molecule has 36 heavy (non-hydrogen) atoms. The second kappa shape index (κ2) is 14.0. The first-order chi connectivity index (χ1) is 17.6. The summed E-state index contributed by atoms with van der Waals surface area (Å²) in [5.74, 6) is 0.552. The van der Waals surface area contributed by atoms with Crippen LogP contribution in [0.4, 0.5) is 0 Å². The minimum absolute atomic E-state index is 0.151. The van der Waals surface area contributed by atoms with E-state index >= 15 is 0 Å². The summed E-state index contributed by atoms with van der Waals surface area (Å²) < 4.78 is 5.63. The Kier molecular flexibility index (Phi) is 10.4. The standard InChI is InChI=1S/C32H32O2.H2O2/c1-24-10-16-28(17-11-24)27-7-5-8-31(23-22-27)34-32(33)9-4-3-6-26-14-20-30(21-15-26)29-18-12-25(2)13-19-29;1-2/h5,7,10-23H,3-4,6,8-9H2,1-2H3;1-2H. The highest BCUT2D eigenvalue weighted by atomic mass is 17.0. The van der Waals surface area contributed by atoms with E-state index in [1.54, 1.807) is 0 Å². The van der Waals surface area contributed by atoms with Crippen LogP contribution in [0.5, 0.6) is 0 Å². The topological polar surface area (TPSA) is 66.8 Å². The average Bonchev–Trinajstić information content (AvgIpc) is 3.15. The minimum atomic E-state index is -0.151. The summed E-state index contributed by atoms with van der Waals surface area (Å²) in [7, 11) is 0. The van der Waals surface area contributed by atoms with Gasteiger partial charge >= 0.3 is 5.97 Å². The molecule has 0 fully saturated rings. The van der Waals surface area contributed by atoms with Gasteiger partial charge in [0.25, 0.3) is 0 Å². The molecule has 0 heterocycles. The molecule has 0 amide bonds. The molecule has 4 nitrogen and oxygen atoms in total. The van der Waals surface area contributed by atoms with Crippen molar-refractivity contribution in [2.75, 3.05) is 0 Å². The lowest BCUT2D eigenvalue weighted by molar-refractivity contribution is -0.176. The summed E-state index contributed by atoms with van der Waals surface area (Å²) in [6.45, 7) is 4.19. The number of carbonyl (C=O) groups is 1. The number of ether oxygens (including phenoxy) is 1. The van der Waals surface area contributed by atoms with E-state index in [9.17, 15) is 4.79 Å². The van der Waals surface area contributed by atoms with Gasteiger partial charge < -0.3 is 4.74 Å². The van der Waals surface area contributed by atoms with E-state index in [0.717, 1.165) is 30.4 Å². The van der Waals surface area contributed by atoms with Crippen LogP contribution in [0.25, 0.3) is 16.7 Å². The van der Waals surface area contributed by atoms with Crippen LogP contribution in [0, 0.1) is 13.8 Å². The number of carbonyl (C=O) groups excluding carboxylic acids is 1. The van der Waals surface area contributed by atoms with Gasteiger partial charge in [-0.3, -0.25) is 15.3 Å². The number of hydrogen-bond acceptors (Lipinski definition) is 4. The van der Waals surface area contributed by atoms with Gasteiger partial charge in [-0.25, -0.2) is 0 Å². The van der Waals surface area contributed by atoms with E-state index in [0.29, 0.717) is 18.6 Å². The first-order valence-electron chi connectivity index (χ1n) is 12.3. The molecule has 3 aromatic carbocycles. The zero-order chi connectivity index (χ0) is 25.8. The van der Waals surface area contributed by atoms with Crippen LogP contribution in [0.3, 0.4) is 0 Å². The molecule has 0 saturated heterocycles. The Morgan fingerprint density at radius 3 is 1.92 bits per heavy atom. The largest absolute Gasteiger partial charge is 0.431 e. The van der Waals surface area contributed by atoms with Gasteiger partial charge in [0.05, 0.1) is 0 Å². The van der Waals surface area contributed by atoms with Gasteiger partial charge in [-0.1, -0.05) is 102 Å². The van der Waals surface area contributed by atoms with E-state index in [4.69, 9.17) is 15.3 Å². The quantitative estimate of drug-likeness (QED) is 0.147. The van der Waals surface area contributed by atoms with Crippen LogP contribution in [-0.4, -0.2) is 16.5 Å². The summed E-state index contributed by atoms with van der Waals surface area (Å²) in [6, 6.07) is 25.8. The maximum Gasteiger partial charge on any atom is 0.310 e. The van der Waals surface area contributed by atoms with Gasteiger partial charge in [-0.05, 0) is 67.0 Å². The second-order valence-electron chi connectivity index (χ2n) is 8.97. The number of unbranched alkanes of at least 4 members (excludes halogenated alkanes) is 1. The van der Waals surface area contributed by atoms with Gasteiger partial charge in [0.1, 0.15) is 5.76 Å². The molecule has 4 rings (SSSR count). The number of hydrogen-bond donors (Lipinski definition) is 2. The number of benzene rings is 3. The second-order valence-corrected chi connectivity index (χ2v) is 8.97. The molecule has 186 valence electrons. The Morgan fingerprint density at radius 1 is 0.750 bits per heavy atom. The molecule has 2 N–H and O–H groups in total. The minimum Gasteiger partial charge on any atom is -0.431 e. The Labute approximate surface area is 213 Å². The molecule has 3 aromatic rings. The molecule has 0 unspecified atom stereocenters. The smallest absolute Gasteiger partial charge is 0.310 e. The maximum absolute atomic E-state index is 12.3. The molecule has 0 aliphatic heterocycles.